The minimum absolute atomic E-state index is 0.0574. The van der Waals surface area contributed by atoms with Gasteiger partial charge in [-0.05, 0) is 25.5 Å². The number of aromatic amines is 1. The van der Waals surface area contributed by atoms with Gasteiger partial charge < -0.3 is 4.98 Å². The largest absolute Gasteiger partial charge is 0.310 e. The van der Waals surface area contributed by atoms with E-state index >= 15 is 0 Å². The molecule has 4 heteroatoms. The van der Waals surface area contributed by atoms with E-state index < -0.39 is 0 Å². The molecule has 0 spiro atoms. The van der Waals surface area contributed by atoms with Gasteiger partial charge in [0.2, 0.25) is 0 Å². The number of aromatic nitrogens is 2. The Balaban J connectivity index is 2.06. The van der Waals surface area contributed by atoms with E-state index in [1.807, 2.05) is 0 Å². The molecule has 0 unspecified atom stereocenters. The molecule has 0 atom stereocenters. The molecule has 0 fully saturated rings. The van der Waals surface area contributed by atoms with Crippen LogP contribution in [0.15, 0.2) is 40.0 Å². The predicted molar refractivity (Wildman–Crippen MR) is 79.6 cm³/mol. The highest BCUT2D eigenvalue weighted by Crippen LogP contribution is 2.21. The molecule has 19 heavy (non-hydrogen) atoms. The third kappa shape index (κ3) is 4.24. The minimum Gasteiger partial charge on any atom is -0.310 e. The van der Waals surface area contributed by atoms with Crippen LogP contribution in [0.3, 0.4) is 0 Å². The topological polar surface area (TPSA) is 45.8 Å². The number of hydrogen-bond donors (Lipinski definition) is 1. The first-order valence-electron chi connectivity index (χ1n) is 6.46. The third-order valence-corrected chi connectivity index (χ3v) is 3.77. The molecule has 0 amide bonds. The number of benzene rings is 1. The quantitative estimate of drug-likeness (QED) is 0.851. The highest BCUT2D eigenvalue weighted by Gasteiger charge is 2.02. The Kier molecular flexibility index (Phi) is 4.80. The summed E-state index contributed by atoms with van der Waals surface area (Å²) < 4.78 is 0. The van der Waals surface area contributed by atoms with Crippen molar-refractivity contribution >= 4 is 11.8 Å². The van der Waals surface area contributed by atoms with Crippen molar-refractivity contribution in [3.63, 3.8) is 0 Å². The van der Waals surface area contributed by atoms with E-state index in [0.717, 1.165) is 24.4 Å². The summed E-state index contributed by atoms with van der Waals surface area (Å²) in [5, 5.41) is 0. The SMILES string of the molecule is CCCc1cc(=O)[nH]c(CSc2ccc(C)cc2)n1. The number of aryl methyl sites for hydroxylation is 2. The second kappa shape index (κ2) is 6.57. The first-order chi connectivity index (χ1) is 9.17. The molecule has 2 aromatic rings. The molecule has 0 aliphatic rings. The van der Waals surface area contributed by atoms with E-state index in [-0.39, 0.29) is 5.56 Å². The van der Waals surface area contributed by atoms with Crippen molar-refractivity contribution in [1.29, 1.82) is 0 Å². The Labute approximate surface area is 117 Å². The van der Waals surface area contributed by atoms with Crippen molar-refractivity contribution in [3.05, 3.63) is 57.8 Å². The summed E-state index contributed by atoms with van der Waals surface area (Å²) in [4.78, 5) is 20.0. The zero-order valence-corrected chi connectivity index (χ0v) is 12.1. The van der Waals surface area contributed by atoms with E-state index in [1.165, 1.54) is 10.5 Å². The summed E-state index contributed by atoms with van der Waals surface area (Å²) in [7, 11) is 0. The Bertz CT molecular complexity index is 590. The van der Waals surface area contributed by atoms with Crippen molar-refractivity contribution in [2.75, 3.05) is 0 Å². The molecule has 1 aromatic carbocycles. The molecule has 0 aliphatic heterocycles. The number of nitrogens with one attached hydrogen (secondary N) is 1. The summed E-state index contributed by atoms with van der Waals surface area (Å²) in [6, 6.07) is 9.95. The number of hydrogen-bond acceptors (Lipinski definition) is 3. The van der Waals surface area contributed by atoms with Crippen LogP contribution in [0.25, 0.3) is 0 Å². The van der Waals surface area contributed by atoms with Crippen LogP contribution >= 0.6 is 11.8 Å². The van der Waals surface area contributed by atoms with Gasteiger partial charge in [-0.2, -0.15) is 0 Å². The van der Waals surface area contributed by atoms with Crippen LogP contribution < -0.4 is 5.56 Å². The van der Waals surface area contributed by atoms with Gasteiger partial charge in [0.1, 0.15) is 5.82 Å². The van der Waals surface area contributed by atoms with Gasteiger partial charge in [-0.15, -0.1) is 11.8 Å². The van der Waals surface area contributed by atoms with Crippen LogP contribution in [-0.4, -0.2) is 9.97 Å². The fraction of sp³-hybridized carbons (Fsp3) is 0.333. The molecule has 1 heterocycles. The molecular formula is C15H18N2OS. The lowest BCUT2D eigenvalue weighted by molar-refractivity contribution is 0.845. The molecule has 0 saturated heterocycles. The lowest BCUT2D eigenvalue weighted by Crippen LogP contribution is -2.12. The standard InChI is InChI=1S/C15H18N2OS/c1-3-4-12-9-15(18)17-14(16-12)10-19-13-7-5-11(2)6-8-13/h5-9H,3-4,10H2,1-2H3,(H,16,17,18). The molecule has 3 nitrogen and oxygen atoms in total. The van der Waals surface area contributed by atoms with Crippen molar-refractivity contribution in [2.45, 2.75) is 37.3 Å². The summed E-state index contributed by atoms with van der Waals surface area (Å²) in [5.74, 6) is 1.44. The molecule has 1 aromatic heterocycles. The van der Waals surface area contributed by atoms with Gasteiger partial charge in [-0.1, -0.05) is 31.0 Å². The van der Waals surface area contributed by atoms with Crippen molar-refractivity contribution < 1.29 is 0 Å². The van der Waals surface area contributed by atoms with Gasteiger partial charge in [0.25, 0.3) is 5.56 Å². The third-order valence-electron chi connectivity index (χ3n) is 2.75. The Morgan fingerprint density at radius 2 is 2.00 bits per heavy atom. The van der Waals surface area contributed by atoms with Crippen LogP contribution in [0.4, 0.5) is 0 Å². The molecule has 100 valence electrons. The molecule has 0 bridgehead atoms. The maximum Gasteiger partial charge on any atom is 0.251 e. The average Bonchev–Trinajstić information content (AvgIpc) is 2.38. The minimum atomic E-state index is -0.0574. The second-order valence-electron chi connectivity index (χ2n) is 4.54. The van der Waals surface area contributed by atoms with Crippen LogP contribution in [0.1, 0.15) is 30.4 Å². The Morgan fingerprint density at radius 3 is 2.68 bits per heavy atom. The maximum atomic E-state index is 11.5. The molecule has 2 rings (SSSR count). The van der Waals surface area contributed by atoms with Gasteiger partial charge in [-0.3, -0.25) is 4.79 Å². The van der Waals surface area contributed by atoms with Crippen LogP contribution in [0.5, 0.6) is 0 Å². The van der Waals surface area contributed by atoms with Gasteiger partial charge >= 0.3 is 0 Å². The average molecular weight is 274 g/mol. The lowest BCUT2D eigenvalue weighted by atomic mass is 10.2. The van der Waals surface area contributed by atoms with E-state index in [0.29, 0.717) is 5.75 Å². The highest BCUT2D eigenvalue weighted by molar-refractivity contribution is 7.98. The maximum absolute atomic E-state index is 11.5. The molecule has 0 aliphatic carbocycles. The number of rotatable bonds is 5. The van der Waals surface area contributed by atoms with E-state index in [1.54, 1.807) is 17.8 Å². The summed E-state index contributed by atoms with van der Waals surface area (Å²) >= 11 is 1.69. The molecule has 0 radical (unpaired) electrons. The van der Waals surface area contributed by atoms with E-state index in [9.17, 15) is 4.79 Å². The summed E-state index contributed by atoms with van der Waals surface area (Å²) in [5.41, 5.74) is 2.07. The van der Waals surface area contributed by atoms with Gasteiger partial charge in [0, 0.05) is 16.7 Å². The highest BCUT2D eigenvalue weighted by atomic mass is 32.2. The Hall–Kier alpha value is -1.55. The first kappa shape index (κ1) is 13.9. The van der Waals surface area contributed by atoms with Gasteiger partial charge in [-0.25, -0.2) is 4.98 Å². The smallest absolute Gasteiger partial charge is 0.251 e. The van der Waals surface area contributed by atoms with Crippen LogP contribution in [0.2, 0.25) is 0 Å². The number of H-pyrrole nitrogens is 1. The fourth-order valence-corrected chi connectivity index (χ4v) is 2.57. The number of thioether (sulfide) groups is 1. The monoisotopic (exact) mass is 274 g/mol. The van der Waals surface area contributed by atoms with E-state index in [4.69, 9.17) is 0 Å². The summed E-state index contributed by atoms with van der Waals surface area (Å²) in [6.45, 7) is 4.16. The zero-order valence-electron chi connectivity index (χ0n) is 11.3. The zero-order chi connectivity index (χ0) is 13.7. The fourth-order valence-electron chi connectivity index (χ4n) is 1.80. The normalized spacial score (nSPS) is 10.6. The molecule has 1 N–H and O–H groups in total. The first-order valence-corrected chi connectivity index (χ1v) is 7.44. The number of nitrogens with zero attached hydrogens (tertiary/aromatic N) is 1. The van der Waals surface area contributed by atoms with Gasteiger partial charge in [0.05, 0.1) is 5.75 Å². The molecule has 0 saturated carbocycles. The van der Waals surface area contributed by atoms with Crippen LogP contribution in [0, 0.1) is 6.92 Å². The van der Waals surface area contributed by atoms with Crippen molar-refractivity contribution in [3.8, 4) is 0 Å². The van der Waals surface area contributed by atoms with Crippen LogP contribution in [-0.2, 0) is 12.2 Å². The lowest BCUT2D eigenvalue weighted by Gasteiger charge is -2.04. The molecular weight excluding hydrogens is 256 g/mol. The van der Waals surface area contributed by atoms with Crippen molar-refractivity contribution in [1.82, 2.24) is 9.97 Å². The van der Waals surface area contributed by atoms with E-state index in [2.05, 4.69) is 48.1 Å². The summed E-state index contributed by atoms with van der Waals surface area (Å²) in [6.07, 6.45) is 1.85. The van der Waals surface area contributed by atoms with Crippen molar-refractivity contribution in [2.24, 2.45) is 0 Å². The Morgan fingerprint density at radius 1 is 1.26 bits per heavy atom. The second-order valence-corrected chi connectivity index (χ2v) is 5.58. The van der Waals surface area contributed by atoms with Gasteiger partial charge in [0.15, 0.2) is 0 Å². The predicted octanol–water partition coefficient (Wildman–Crippen LogP) is 3.32.